The zero-order chi connectivity index (χ0) is 16.0. The minimum atomic E-state index is -4.17. The monoisotopic (exact) mass is 336 g/mol. The topological polar surface area (TPSA) is 123 Å². The van der Waals surface area contributed by atoms with Crippen molar-refractivity contribution >= 4 is 33.6 Å². The van der Waals surface area contributed by atoms with Crippen LogP contribution in [0, 0.1) is 0 Å². The lowest BCUT2D eigenvalue weighted by Crippen LogP contribution is -2.41. The first-order valence-corrected chi connectivity index (χ1v) is 7.56. The Bertz CT molecular complexity index is 633. The number of sulfonamides is 1. The van der Waals surface area contributed by atoms with Crippen LogP contribution in [0.25, 0.3) is 0 Å². The number of hydrogen-bond acceptors (Lipinski definition) is 6. The molecule has 0 aliphatic heterocycles. The van der Waals surface area contributed by atoms with Crippen LogP contribution in [-0.4, -0.2) is 43.6 Å². The summed E-state index contributed by atoms with van der Waals surface area (Å²) in [5.74, 6) is -2.05. The Balaban J connectivity index is 2.90. The molecule has 0 spiro atoms. The van der Waals surface area contributed by atoms with Gasteiger partial charge in [0.1, 0.15) is 16.1 Å². The first-order valence-electron chi connectivity index (χ1n) is 5.70. The maximum absolute atomic E-state index is 12.1. The summed E-state index contributed by atoms with van der Waals surface area (Å²) in [7, 11) is -3.02. The molecule has 8 nitrogen and oxygen atoms in total. The largest absolute Gasteiger partial charge is 0.480 e. The third-order valence-corrected chi connectivity index (χ3v) is 4.39. The van der Waals surface area contributed by atoms with E-state index >= 15 is 0 Å². The Morgan fingerprint density at radius 1 is 1.52 bits per heavy atom. The highest BCUT2D eigenvalue weighted by molar-refractivity contribution is 7.89. The number of hydrogen-bond donors (Lipinski definition) is 2. The molecule has 116 valence electrons. The molecule has 0 amide bonds. The van der Waals surface area contributed by atoms with Crippen LogP contribution < -0.4 is 4.72 Å². The molecule has 1 atom stereocenters. The van der Waals surface area contributed by atoms with Crippen LogP contribution in [-0.2, 0) is 24.3 Å². The predicted molar refractivity (Wildman–Crippen MR) is 72.2 cm³/mol. The number of methoxy groups -OCH3 is 1. The third-order valence-electron chi connectivity index (χ3n) is 2.47. The Kier molecular flexibility index (Phi) is 6.06. The minimum absolute atomic E-state index is 0.239. The molecular weight excluding hydrogens is 324 g/mol. The predicted octanol–water partition coefficient (Wildman–Crippen LogP) is 0.420. The number of aromatic nitrogens is 1. The van der Waals surface area contributed by atoms with Crippen molar-refractivity contribution in [3.63, 3.8) is 0 Å². The first kappa shape index (κ1) is 17.3. The fraction of sp³-hybridized carbons (Fsp3) is 0.364. The quantitative estimate of drug-likeness (QED) is 0.546. The molecule has 1 aromatic heterocycles. The second kappa shape index (κ2) is 7.34. The molecule has 0 aliphatic rings. The summed E-state index contributed by atoms with van der Waals surface area (Å²) in [5, 5.41) is 8.73. The Labute approximate surface area is 126 Å². The van der Waals surface area contributed by atoms with Gasteiger partial charge in [-0.15, -0.1) is 0 Å². The van der Waals surface area contributed by atoms with Gasteiger partial charge in [0, 0.05) is 12.6 Å². The average molecular weight is 337 g/mol. The van der Waals surface area contributed by atoms with E-state index < -0.39 is 28.0 Å². The number of esters is 1. The SMILES string of the molecule is COC(=O)CC[C@@H](NS(=O)(=O)c1cccnc1Cl)C(=O)O. The van der Waals surface area contributed by atoms with E-state index in [2.05, 4.69) is 9.72 Å². The maximum Gasteiger partial charge on any atom is 0.321 e. The summed E-state index contributed by atoms with van der Waals surface area (Å²) >= 11 is 5.67. The van der Waals surface area contributed by atoms with Crippen LogP contribution >= 0.6 is 11.6 Å². The van der Waals surface area contributed by atoms with Gasteiger partial charge in [-0.05, 0) is 18.6 Å². The van der Waals surface area contributed by atoms with E-state index in [-0.39, 0.29) is 22.9 Å². The second-order valence-corrected chi connectivity index (χ2v) is 5.96. The van der Waals surface area contributed by atoms with Crippen molar-refractivity contribution in [2.75, 3.05) is 7.11 Å². The number of pyridine rings is 1. The first-order chi connectivity index (χ1) is 9.77. The van der Waals surface area contributed by atoms with Gasteiger partial charge in [0.2, 0.25) is 10.0 Å². The molecule has 0 saturated heterocycles. The molecule has 0 aromatic carbocycles. The Hall–Kier alpha value is -1.71. The summed E-state index contributed by atoms with van der Waals surface area (Å²) < 4.78 is 30.5. The molecule has 0 radical (unpaired) electrons. The van der Waals surface area contributed by atoms with Crippen molar-refractivity contribution in [1.82, 2.24) is 9.71 Å². The van der Waals surface area contributed by atoms with E-state index in [0.717, 1.165) is 7.11 Å². The molecule has 0 fully saturated rings. The molecule has 1 heterocycles. The molecular formula is C11H13ClN2O6S. The molecule has 1 aromatic rings. The summed E-state index contributed by atoms with van der Waals surface area (Å²) in [6.45, 7) is 0. The van der Waals surface area contributed by atoms with Gasteiger partial charge in [-0.1, -0.05) is 11.6 Å². The number of nitrogens with zero attached hydrogens (tertiary/aromatic N) is 1. The van der Waals surface area contributed by atoms with Crippen molar-refractivity contribution in [3.8, 4) is 0 Å². The molecule has 10 heteroatoms. The fourth-order valence-corrected chi connectivity index (χ4v) is 3.10. The van der Waals surface area contributed by atoms with Crippen molar-refractivity contribution in [2.45, 2.75) is 23.8 Å². The van der Waals surface area contributed by atoms with Crippen LogP contribution in [0.4, 0.5) is 0 Å². The standard InChI is InChI=1S/C11H13ClN2O6S/c1-20-9(15)5-4-7(11(16)17)14-21(18,19)8-3-2-6-13-10(8)12/h2-3,6-7,14H,4-5H2,1H3,(H,16,17)/t7-/m1/s1. The highest BCUT2D eigenvalue weighted by Crippen LogP contribution is 2.18. The van der Waals surface area contributed by atoms with Gasteiger partial charge in [0.05, 0.1) is 7.11 Å². The fourth-order valence-electron chi connectivity index (χ4n) is 1.42. The van der Waals surface area contributed by atoms with Crippen LogP contribution in [0.15, 0.2) is 23.2 Å². The number of carbonyl (C=O) groups excluding carboxylic acids is 1. The van der Waals surface area contributed by atoms with E-state index in [1.807, 2.05) is 4.72 Å². The normalized spacial score (nSPS) is 12.7. The molecule has 0 bridgehead atoms. The molecule has 0 saturated carbocycles. The third kappa shape index (κ3) is 4.96. The Morgan fingerprint density at radius 2 is 2.19 bits per heavy atom. The molecule has 21 heavy (non-hydrogen) atoms. The number of aliphatic carboxylic acids is 1. The van der Waals surface area contributed by atoms with Crippen LogP contribution in [0.1, 0.15) is 12.8 Å². The van der Waals surface area contributed by atoms with Crippen molar-refractivity contribution < 1.29 is 27.9 Å². The van der Waals surface area contributed by atoms with Crippen molar-refractivity contribution in [1.29, 1.82) is 0 Å². The number of carbonyl (C=O) groups is 2. The summed E-state index contributed by atoms with van der Waals surface area (Å²) in [4.78, 5) is 25.3. The second-order valence-electron chi connectivity index (χ2n) is 3.92. The van der Waals surface area contributed by atoms with Crippen LogP contribution in [0.2, 0.25) is 5.15 Å². The summed E-state index contributed by atoms with van der Waals surface area (Å²) in [5.41, 5.74) is 0. The number of carboxylic acid groups (broad SMARTS) is 1. The number of ether oxygens (including phenoxy) is 1. The zero-order valence-electron chi connectivity index (χ0n) is 10.9. The summed E-state index contributed by atoms with van der Waals surface area (Å²) in [6.07, 6.45) is 0.809. The van der Waals surface area contributed by atoms with Crippen LogP contribution in [0.3, 0.4) is 0 Å². The maximum atomic E-state index is 12.1. The van der Waals surface area contributed by atoms with E-state index in [4.69, 9.17) is 16.7 Å². The smallest absolute Gasteiger partial charge is 0.321 e. The van der Waals surface area contributed by atoms with Crippen molar-refractivity contribution in [3.05, 3.63) is 23.5 Å². The van der Waals surface area contributed by atoms with Crippen LogP contribution in [0.5, 0.6) is 0 Å². The number of nitrogens with one attached hydrogen (secondary N) is 1. The number of carboxylic acids is 1. The molecule has 1 rings (SSSR count). The average Bonchev–Trinajstić information content (AvgIpc) is 2.42. The Morgan fingerprint density at radius 3 is 2.71 bits per heavy atom. The molecule has 2 N–H and O–H groups in total. The lowest BCUT2D eigenvalue weighted by Gasteiger charge is -2.14. The van der Waals surface area contributed by atoms with E-state index in [1.54, 1.807) is 0 Å². The number of rotatable bonds is 7. The van der Waals surface area contributed by atoms with Gasteiger partial charge in [-0.25, -0.2) is 13.4 Å². The lowest BCUT2D eigenvalue weighted by molar-refractivity contribution is -0.142. The highest BCUT2D eigenvalue weighted by atomic mass is 35.5. The van der Waals surface area contributed by atoms with Gasteiger partial charge >= 0.3 is 11.9 Å². The lowest BCUT2D eigenvalue weighted by atomic mass is 10.2. The van der Waals surface area contributed by atoms with Gasteiger partial charge in [0.15, 0.2) is 0 Å². The van der Waals surface area contributed by atoms with Gasteiger partial charge < -0.3 is 9.84 Å². The van der Waals surface area contributed by atoms with Gasteiger partial charge in [0.25, 0.3) is 0 Å². The number of halogens is 1. The molecule has 0 unspecified atom stereocenters. The molecule has 0 aliphatic carbocycles. The highest BCUT2D eigenvalue weighted by Gasteiger charge is 2.27. The summed E-state index contributed by atoms with van der Waals surface area (Å²) in [6, 6.07) is 1.06. The van der Waals surface area contributed by atoms with Crippen molar-refractivity contribution in [2.24, 2.45) is 0 Å². The van der Waals surface area contributed by atoms with E-state index in [1.165, 1.54) is 18.3 Å². The van der Waals surface area contributed by atoms with Gasteiger partial charge in [-0.3, -0.25) is 9.59 Å². The van der Waals surface area contributed by atoms with E-state index in [9.17, 15) is 18.0 Å². The minimum Gasteiger partial charge on any atom is -0.480 e. The zero-order valence-corrected chi connectivity index (χ0v) is 12.5. The van der Waals surface area contributed by atoms with Gasteiger partial charge in [-0.2, -0.15) is 4.72 Å². The van der Waals surface area contributed by atoms with E-state index in [0.29, 0.717) is 0 Å².